The summed E-state index contributed by atoms with van der Waals surface area (Å²) < 4.78 is 5.83. The number of amides is 2. The van der Waals surface area contributed by atoms with Crippen LogP contribution in [0, 0.1) is 5.92 Å². The normalized spacial score (nSPS) is 30.5. The summed E-state index contributed by atoms with van der Waals surface area (Å²) in [6.07, 6.45) is 11.8. The Morgan fingerprint density at radius 3 is 2.40 bits per heavy atom. The summed E-state index contributed by atoms with van der Waals surface area (Å²) >= 11 is 0. The molecule has 2 amide bonds. The summed E-state index contributed by atoms with van der Waals surface area (Å²) in [5, 5.41) is 15.6. The lowest BCUT2D eigenvalue weighted by Gasteiger charge is -2.34. The number of carbonyl (C=O) groups is 2. The van der Waals surface area contributed by atoms with E-state index in [-0.39, 0.29) is 48.9 Å². The van der Waals surface area contributed by atoms with Crippen LogP contribution >= 0.6 is 0 Å². The van der Waals surface area contributed by atoms with Crippen molar-refractivity contribution >= 4 is 11.8 Å². The van der Waals surface area contributed by atoms with Crippen LogP contribution in [0.25, 0.3) is 0 Å². The van der Waals surface area contributed by atoms with Gasteiger partial charge in [0, 0.05) is 12.0 Å². The van der Waals surface area contributed by atoms with Gasteiger partial charge in [0.25, 0.3) is 0 Å². The van der Waals surface area contributed by atoms with Gasteiger partial charge in [0.05, 0.1) is 25.2 Å². The third-order valence-corrected chi connectivity index (χ3v) is 5.60. The molecule has 0 aromatic carbocycles. The van der Waals surface area contributed by atoms with Gasteiger partial charge in [-0.3, -0.25) is 9.59 Å². The van der Waals surface area contributed by atoms with E-state index < -0.39 is 6.10 Å². The van der Waals surface area contributed by atoms with Gasteiger partial charge in [0.2, 0.25) is 11.8 Å². The van der Waals surface area contributed by atoms with Crippen LogP contribution in [0.5, 0.6) is 0 Å². The summed E-state index contributed by atoms with van der Waals surface area (Å²) in [5.74, 6) is 0.137. The van der Waals surface area contributed by atoms with Crippen LogP contribution in [0.1, 0.15) is 57.8 Å². The molecule has 3 N–H and O–H groups in total. The van der Waals surface area contributed by atoms with Crippen molar-refractivity contribution in [3.63, 3.8) is 0 Å². The number of rotatable bonds is 6. The van der Waals surface area contributed by atoms with Crippen LogP contribution < -0.4 is 10.6 Å². The number of hydrogen-bond acceptors (Lipinski definition) is 4. The van der Waals surface area contributed by atoms with Gasteiger partial charge >= 0.3 is 0 Å². The first-order valence-corrected chi connectivity index (χ1v) is 9.70. The highest BCUT2D eigenvalue weighted by molar-refractivity contribution is 5.80. The third-order valence-electron chi connectivity index (χ3n) is 5.60. The number of hydrogen-bond donors (Lipinski definition) is 3. The Morgan fingerprint density at radius 2 is 1.76 bits per heavy atom. The van der Waals surface area contributed by atoms with Gasteiger partial charge in [-0.1, -0.05) is 37.8 Å². The van der Waals surface area contributed by atoms with E-state index in [0.29, 0.717) is 0 Å². The molecule has 1 aliphatic heterocycles. The molecular formula is C19H30N2O4. The van der Waals surface area contributed by atoms with Crippen LogP contribution in [0.3, 0.4) is 0 Å². The number of aliphatic hydroxyl groups is 1. The van der Waals surface area contributed by atoms with Gasteiger partial charge in [-0.25, -0.2) is 0 Å². The standard InChI is InChI=1S/C19H30N2O4/c22-12-17-16(21-19(24)13-5-4-6-13)10-9-15(25-17)11-18(23)20-14-7-2-1-3-8-14/h9-10,13-17,22H,1-8,11-12H2,(H,20,23)(H,21,24)/t15-,16-,17+/m1/s1. The van der Waals surface area contributed by atoms with E-state index >= 15 is 0 Å². The van der Waals surface area contributed by atoms with Gasteiger partial charge in [-0.2, -0.15) is 0 Å². The quantitative estimate of drug-likeness (QED) is 0.632. The number of nitrogens with one attached hydrogen (secondary N) is 2. The van der Waals surface area contributed by atoms with Gasteiger partial charge in [0.15, 0.2) is 0 Å². The average molecular weight is 350 g/mol. The van der Waals surface area contributed by atoms with Crippen molar-refractivity contribution in [3.8, 4) is 0 Å². The monoisotopic (exact) mass is 350 g/mol. The summed E-state index contributed by atoms with van der Waals surface area (Å²) in [7, 11) is 0. The van der Waals surface area contributed by atoms with Crippen LogP contribution in [0.4, 0.5) is 0 Å². The van der Waals surface area contributed by atoms with Crippen molar-refractivity contribution < 1.29 is 19.4 Å². The van der Waals surface area contributed by atoms with Crippen molar-refractivity contribution in [1.29, 1.82) is 0 Å². The Hall–Kier alpha value is -1.40. The molecule has 140 valence electrons. The molecule has 2 fully saturated rings. The zero-order chi connectivity index (χ0) is 17.6. The van der Waals surface area contributed by atoms with E-state index in [1.54, 1.807) is 0 Å². The smallest absolute Gasteiger partial charge is 0.223 e. The first kappa shape index (κ1) is 18.4. The van der Waals surface area contributed by atoms with Crippen molar-refractivity contribution in [2.45, 2.75) is 82.1 Å². The topological polar surface area (TPSA) is 87.7 Å². The molecule has 2 saturated carbocycles. The molecule has 0 aromatic heterocycles. The molecular weight excluding hydrogens is 320 g/mol. The molecule has 0 saturated heterocycles. The van der Waals surface area contributed by atoms with Crippen LogP contribution in [0.2, 0.25) is 0 Å². The molecule has 3 atom stereocenters. The minimum absolute atomic E-state index is 0.00445. The summed E-state index contributed by atoms with van der Waals surface area (Å²) in [5.41, 5.74) is 0. The zero-order valence-electron chi connectivity index (χ0n) is 14.8. The second kappa shape index (κ2) is 8.81. The van der Waals surface area contributed by atoms with Gasteiger partial charge in [0.1, 0.15) is 6.10 Å². The predicted octanol–water partition coefficient (Wildman–Crippen LogP) is 1.43. The molecule has 0 spiro atoms. The lowest BCUT2D eigenvalue weighted by atomic mass is 9.84. The molecule has 0 aromatic rings. The van der Waals surface area contributed by atoms with Gasteiger partial charge < -0.3 is 20.5 Å². The Balaban J connectivity index is 1.47. The van der Waals surface area contributed by atoms with Crippen LogP contribution in [0.15, 0.2) is 12.2 Å². The molecule has 0 bridgehead atoms. The van der Waals surface area contributed by atoms with E-state index in [4.69, 9.17) is 4.74 Å². The van der Waals surface area contributed by atoms with Crippen molar-refractivity contribution in [3.05, 3.63) is 12.2 Å². The maximum absolute atomic E-state index is 12.2. The highest BCUT2D eigenvalue weighted by Crippen LogP contribution is 2.27. The third kappa shape index (κ3) is 5.05. The fourth-order valence-corrected chi connectivity index (χ4v) is 3.80. The second-order valence-corrected chi connectivity index (χ2v) is 7.55. The molecule has 2 aliphatic carbocycles. The largest absolute Gasteiger partial charge is 0.394 e. The van der Waals surface area contributed by atoms with Crippen molar-refractivity contribution in [1.82, 2.24) is 10.6 Å². The Kier molecular flexibility index (Phi) is 6.48. The zero-order valence-corrected chi connectivity index (χ0v) is 14.8. The van der Waals surface area contributed by atoms with E-state index in [9.17, 15) is 14.7 Å². The first-order chi connectivity index (χ1) is 12.2. The maximum atomic E-state index is 12.2. The molecule has 1 heterocycles. The molecule has 6 nitrogen and oxygen atoms in total. The van der Waals surface area contributed by atoms with Crippen molar-refractivity contribution in [2.75, 3.05) is 6.61 Å². The number of carbonyl (C=O) groups excluding carboxylic acids is 2. The average Bonchev–Trinajstić information content (AvgIpc) is 2.55. The maximum Gasteiger partial charge on any atom is 0.223 e. The second-order valence-electron chi connectivity index (χ2n) is 7.55. The molecule has 0 unspecified atom stereocenters. The molecule has 25 heavy (non-hydrogen) atoms. The minimum Gasteiger partial charge on any atom is -0.394 e. The lowest BCUT2D eigenvalue weighted by molar-refractivity contribution is -0.132. The summed E-state index contributed by atoms with van der Waals surface area (Å²) in [4.78, 5) is 24.3. The number of aliphatic hydroxyl groups excluding tert-OH is 1. The Bertz CT molecular complexity index is 498. The Morgan fingerprint density at radius 1 is 1.00 bits per heavy atom. The highest BCUT2D eigenvalue weighted by atomic mass is 16.5. The molecule has 6 heteroatoms. The van der Waals surface area contributed by atoms with Crippen LogP contribution in [-0.4, -0.2) is 47.8 Å². The minimum atomic E-state index is -0.499. The SMILES string of the molecule is O=C(C[C@H]1C=C[C@@H](NC(=O)C2CCC2)[C@H](CO)O1)NC1CCCCC1. The van der Waals surface area contributed by atoms with Gasteiger partial charge in [-0.15, -0.1) is 0 Å². The Labute approximate surface area is 149 Å². The van der Waals surface area contributed by atoms with Gasteiger partial charge in [-0.05, 0) is 25.7 Å². The number of ether oxygens (including phenoxy) is 1. The highest BCUT2D eigenvalue weighted by Gasteiger charge is 2.32. The first-order valence-electron chi connectivity index (χ1n) is 9.70. The van der Waals surface area contributed by atoms with E-state index in [1.165, 1.54) is 19.3 Å². The van der Waals surface area contributed by atoms with E-state index in [0.717, 1.165) is 32.1 Å². The fraction of sp³-hybridized carbons (Fsp3) is 0.789. The summed E-state index contributed by atoms with van der Waals surface area (Å²) in [6, 6.07) is -0.0345. The molecule has 3 aliphatic rings. The van der Waals surface area contributed by atoms with E-state index in [2.05, 4.69) is 10.6 Å². The fourth-order valence-electron chi connectivity index (χ4n) is 3.80. The molecule has 0 radical (unpaired) electrons. The van der Waals surface area contributed by atoms with Crippen LogP contribution in [-0.2, 0) is 14.3 Å². The van der Waals surface area contributed by atoms with E-state index in [1.807, 2.05) is 12.2 Å². The predicted molar refractivity (Wildman–Crippen MR) is 93.8 cm³/mol. The summed E-state index contributed by atoms with van der Waals surface area (Å²) in [6.45, 7) is -0.180. The lowest BCUT2D eigenvalue weighted by Crippen LogP contribution is -2.51. The molecule has 3 rings (SSSR count). The van der Waals surface area contributed by atoms with Crippen molar-refractivity contribution in [2.24, 2.45) is 5.92 Å².